The average Bonchev–Trinajstić information content (AvgIpc) is 2.93. The minimum absolute atomic E-state index is 0.813. The second-order valence-corrected chi connectivity index (χ2v) is 6.15. The summed E-state index contributed by atoms with van der Waals surface area (Å²) in [7, 11) is 2.03. The lowest BCUT2D eigenvalue weighted by Crippen LogP contribution is -2.47. The molecule has 6 heteroatoms. The Morgan fingerprint density at radius 3 is 2.43 bits per heavy atom. The Labute approximate surface area is 140 Å². The monoisotopic (exact) mass is 327 g/mol. The van der Waals surface area contributed by atoms with Gasteiger partial charge in [0.2, 0.25) is 5.95 Å². The van der Waals surface area contributed by atoms with Crippen molar-refractivity contribution < 1.29 is 0 Å². The van der Waals surface area contributed by atoms with Crippen molar-refractivity contribution in [3.8, 4) is 0 Å². The highest BCUT2D eigenvalue weighted by molar-refractivity contribution is 6.33. The first kappa shape index (κ1) is 14.3. The molecule has 0 unspecified atom stereocenters. The van der Waals surface area contributed by atoms with Crippen LogP contribution in [0.15, 0.2) is 42.6 Å². The van der Waals surface area contributed by atoms with E-state index >= 15 is 0 Å². The van der Waals surface area contributed by atoms with E-state index in [-0.39, 0.29) is 0 Å². The molecule has 3 aromatic rings. The second-order valence-electron chi connectivity index (χ2n) is 5.74. The Morgan fingerprint density at radius 2 is 1.70 bits per heavy atom. The number of halogens is 1. The third-order valence-corrected chi connectivity index (χ3v) is 4.68. The van der Waals surface area contributed by atoms with Crippen molar-refractivity contribution >= 4 is 34.4 Å². The predicted octanol–water partition coefficient (Wildman–Crippen LogP) is 2.95. The van der Waals surface area contributed by atoms with Crippen molar-refractivity contribution in [3.63, 3.8) is 0 Å². The number of fused-ring (bicyclic) bond motifs is 1. The van der Waals surface area contributed by atoms with Gasteiger partial charge in [-0.05, 0) is 24.3 Å². The van der Waals surface area contributed by atoms with E-state index in [9.17, 15) is 0 Å². The molecule has 0 amide bonds. The third kappa shape index (κ3) is 2.51. The number of para-hydroxylation sites is 1. The van der Waals surface area contributed by atoms with E-state index in [2.05, 4.69) is 25.4 Å². The molecule has 3 heterocycles. The number of aryl methyl sites for hydroxylation is 1. The van der Waals surface area contributed by atoms with Gasteiger partial charge in [0.25, 0.3) is 0 Å². The van der Waals surface area contributed by atoms with Crippen LogP contribution in [0.2, 0.25) is 5.02 Å². The third-order valence-electron chi connectivity index (χ3n) is 4.36. The molecule has 2 aromatic heterocycles. The lowest BCUT2D eigenvalue weighted by Gasteiger charge is -2.36. The molecule has 0 bridgehead atoms. The summed E-state index contributed by atoms with van der Waals surface area (Å²) in [4.78, 5) is 13.8. The van der Waals surface area contributed by atoms with Crippen molar-refractivity contribution in [1.82, 2.24) is 14.5 Å². The molecular formula is C17H18ClN5. The first-order valence-corrected chi connectivity index (χ1v) is 8.14. The predicted molar refractivity (Wildman–Crippen MR) is 94.4 cm³/mol. The summed E-state index contributed by atoms with van der Waals surface area (Å²) in [6.07, 6.45) is 1.81. The summed E-state index contributed by atoms with van der Waals surface area (Å²) in [6, 6.07) is 12.0. The maximum Gasteiger partial charge on any atom is 0.207 e. The van der Waals surface area contributed by atoms with Crippen molar-refractivity contribution in [3.05, 3.63) is 47.6 Å². The van der Waals surface area contributed by atoms with Gasteiger partial charge in [0.1, 0.15) is 5.52 Å². The smallest absolute Gasteiger partial charge is 0.207 e. The molecule has 23 heavy (non-hydrogen) atoms. The van der Waals surface area contributed by atoms with E-state index in [0.717, 1.165) is 54.0 Å². The quantitative estimate of drug-likeness (QED) is 0.725. The van der Waals surface area contributed by atoms with Gasteiger partial charge in [-0.15, -0.1) is 0 Å². The Morgan fingerprint density at radius 1 is 0.957 bits per heavy atom. The number of hydrogen-bond donors (Lipinski definition) is 0. The highest BCUT2D eigenvalue weighted by Crippen LogP contribution is 2.27. The van der Waals surface area contributed by atoms with Crippen LogP contribution in [0.5, 0.6) is 0 Å². The molecule has 0 atom stereocenters. The zero-order chi connectivity index (χ0) is 15.8. The Kier molecular flexibility index (Phi) is 3.58. The van der Waals surface area contributed by atoms with Gasteiger partial charge in [-0.3, -0.25) is 4.57 Å². The van der Waals surface area contributed by atoms with Crippen LogP contribution in [0.3, 0.4) is 0 Å². The molecule has 0 spiro atoms. The van der Waals surface area contributed by atoms with Crippen molar-refractivity contribution in [2.24, 2.45) is 7.05 Å². The summed E-state index contributed by atoms with van der Waals surface area (Å²) < 4.78 is 2.07. The number of hydrogen-bond acceptors (Lipinski definition) is 4. The Bertz CT molecular complexity index is 836. The molecule has 4 rings (SSSR count). The molecule has 1 fully saturated rings. The molecule has 0 radical (unpaired) electrons. The van der Waals surface area contributed by atoms with Crippen molar-refractivity contribution in [1.29, 1.82) is 0 Å². The van der Waals surface area contributed by atoms with Crippen LogP contribution in [0.1, 0.15) is 0 Å². The van der Waals surface area contributed by atoms with E-state index in [0.29, 0.717) is 0 Å². The summed E-state index contributed by atoms with van der Waals surface area (Å²) in [5.74, 6) is 0.984. The maximum atomic E-state index is 6.31. The largest absolute Gasteiger partial charge is 0.367 e. The fourth-order valence-electron chi connectivity index (χ4n) is 3.15. The summed E-state index contributed by atoms with van der Waals surface area (Å²) in [5.41, 5.74) is 2.98. The summed E-state index contributed by atoms with van der Waals surface area (Å²) in [5, 5.41) is 0.813. The SMILES string of the molecule is Cn1c(N2CCN(c3ccccc3Cl)CC2)nc2cccnc21. The second kappa shape index (κ2) is 5.74. The zero-order valence-corrected chi connectivity index (χ0v) is 13.7. The normalized spacial score (nSPS) is 15.4. The minimum atomic E-state index is 0.813. The molecule has 5 nitrogen and oxygen atoms in total. The standard InChI is InChI=1S/C17H18ClN5/c1-21-16-14(6-4-8-19-16)20-17(21)23-11-9-22(10-12-23)15-7-3-2-5-13(15)18/h2-8H,9-12H2,1H3. The number of rotatable bonds is 2. The molecule has 1 aliphatic rings. The van der Waals surface area contributed by atoms with Gasteiger partial charge in [0.05, 0.1) is 10.7 Å². The molecule has 0 N–H and O–H groups in total. The van der Waals surface area contributed by atoms with Crippen LogP contribution in [0, 0.1) is 0 Å². The lowest BCUT2D eigenvalue weighted by molar-refractivity contribution is 0.632. The van der Waals surface area contributed by atoms with Crippen molar-refractivity contribution in [2.75, 3.05) is 36.0 Å². The van der Waals surface area contributed by atoms with E-state index in [1.165, 1.54) is 0 Å². The highest BCUT2D eigenvalue weighted by atomic mass is 35.5. The fourth-order valence-corrected chi connectivity index (χ4v) is 3.41. The van der Waals surface area contributed by atoms with Gasteiger partial charge >= 0.3 is 0 Å². The zero-order valence-electron chi connectivity index (χ0n) is 13.0. The Hall–Kier alpha value is -2.27. The number of anilines is 2. The number of benzene rings is 1. The van der Waals surface area contributed by atoms with Gasteiger partial charge in [-0.1, -0.05) is 23.7 Å². The number of nitrogens with zero attached hydrogens (tertiary/aromatic N) is 5. The minimum Gasteiger partial charge on any atom is -0.367 e. The van der Waals surface area contributed by atoms with Crippen LogP contribution in [-0.2, 0) is 7.05 Å². The van der Waals surface area contributed by atoms with Gasteiger partial charge in [0, 0.05) is 39.4 Å². The van der Waals surface area contributed by atoms with Crippen LogP contribution in [0.25, 0.3) is 11.2 Å². The van der Waals surface area contributed by atoms with E-state index in [4.69, 9.17) is 16.6 Å². The maximum absolute atomic E-state index is 6.31. The molecule has 0 aliphatic carbocycles. The van der Waals surface area contributed by atoms with Gasteiger partial charge in [0.15, 0.2) is 5.65 Å². The summed E-state index contributed by atoms with van der Waals surface area (Å²) >= 11 is 6.31. The summed E-state index contributed by atoms with van der Waals surface area (Å²) in [6.45, 7) is 3.70. The molecule has 1 saturated heterocycles. The van der Waals surface area contributed by atoms with Crippen molar-refractivity contribution in [2.45, 2.75) is 0 Å². The van der Waals surface area contributed by atoms with Gasteiger partial charge in [-0.2, -0.15) is 0 Å². The first-order valence-electron chi connectivity index (χ1n) is 7.76. The van der Waals surface area contributed by atoms with E-state index < -0.39 is 0 Å². The number of imidazole rings is 1. The van der Waals surface area contributed by atoms with Crippen LogP contribution < -0.4 is 9.80 Å². The van der Waals surface area contributed by atoms with Gasteiger partial charge < -0.3 is 9.80 Å². The molecule has 1 aliphatic heterocycles. The van der Waals surface area contributed by atoms with E-state index in [1.807, 2.05) is 43.6 Å². The molecule has 1 aromatic carbocycles. The molecule has 118 valence electrons. The number of piperazine rings is 1. The van der Waals surface area contributed by atoms with Crippen LogP contribution >= 0.6 is 11.6 Å². The average molecular weight is 328 g/mol. The number of pyridine rings is 1. The topological polar surface area (TPSA) is 37.2 Å². The first-order chi connectivity index (χ1) is 11.2. The van der Waals surface area contributed by atoms with Crippen LogP contribution in [0.4, 0.5) is 11.6 Å². The Balaban J connectivity index is 1.55. The highest BCUT2D eigenvalue weighted by Gasteiger charge is 2.22. The van der Waals surface area contributed by atoms with Gasteiger partial charge in [-0.25, -0.2) is 9.97 Å². The van der Waals surface area contributed by atoms with Crippen LogP contribution in [-0.4, -0.2) is 40.7 Å². The number of aromatic nitrogens is 3. The molecular weight excluding hydrogens is 310 g/mol. The molecule has 0 saturated carbocycles. The lowest BCUT2D eigenvalue weighted by atomic mass is 10.2. The van der Waals surface area contributed by atoms with E-state index in [1.54, 1.807) is 0 Å². The fraction of sp³-hybridized carbons (Fsp3) is 0.294.